The molecule has 0 amide bonds. The zero-order chi connectivity index (χ0) is 42.7. The largest absolute Gasteiger partial charge is 0.472 e. The summed E-state index contributed by atoms with van der Waals surface area (Å²) in [6.07, 6.45) is 27.1. The molecule has 0 saturated heterocycles. The van der Waals surface area contributed by atoms with E-state index in [1.54, 1.807) is 0 Å². The second-order valence-corrected chi connectivity index (χ2v) is 18.0. The predicted octanol–water partition coefficient (Wildman–Crippen LogP) is 9.53. The molecule has 1 rings (SSSR count). The summed E-state index contributed by atoms with van der Waals surface area (Å²) in [5.74, 6) is -0.483. The fraction of sp³-hybridized carbons (Fsp3) is 0.933. The Morgan fingerprint density at radius 3 is 1.38 bits per heavy atom. The van der Waals surface area contributed by atoms with Crippen LogP contribution in [0.25, 0.3) is 0 Å². The zero-order valence-corrected chi connectivity index (χ0v) is 37.5. The molecule has 0 aromatic heterocycles. The Hall–Kier alpha value is -0.920. The van der Waals surface area contributed by atoms with E-state index in [2.05, 4.69) is 26.0 Å². The van der Waals surface area contributed by atoms with Crippen molar-refractivity contribution in [3.05, 3.63) is 12.2 Å². The first-order chi connectivity index (χ1) is 28.0. The molecule has 1 aliphatic rings. The quantitative estimate of drug-likeness (QED) is 0.0148. The predicted molar refractivity (Wildman–Crippen MR) is 230 cm³/mol. The highest BCUT2D eigenvalue weighted by molar-refractivity contribution is 7.47. The molecular formula is C45H87O12P. The van der Waals surface area contributed by atoms with E-state index in [9.17, 15) is 39.8 Å². The molecule has 0 bridgehead atoms. The molecule has 6 N–H and O–H groups in total. The van der Waals surface area contributed by atoms with Gasteiger partial charge >= 0.3 is 13.8 Å². The van der Waals surface area contributed by atoms with E-state index >= 15 is 0 Å². The monoisotopic (exact) mass is 851 g/mol. The van der Waals surface area contributed by atoms with Crippen LogP contribution in [0.3, 0.4) is 0 Å². The van der Waals surface area contributed by atoms with Crippen molar-refractivity contribution in [1.82, 2.24) is 0 Å². The van der Waals surface area contributed by atoms with Crippen LogP contribution >= 0.6 is 7.82 Å². The summed E-state index contributed by atoms with van der Waals surface area (Å²) in [7, 11) is -5.01. The van der Waals surface area contributed by atoms with Gasteiger partial charge in [-0.15, -0.1) is 0 Å². The van der Waals surface area contributed by atoms with Gasteiger partial charge in [-0.3, -0.25) is 13.8 Å². The van der Waals surface area contributed by atoms with Crippen LogP contribution in [-0.2, 0) is 27.9 Å². The zero-order valence-electron chi connectivity index (χ0n) is 36.6. The number of allylic oxidation sites excluding steroid dienone is 2. The molecule has 0 aliphatic heterocycles. The fourth-order valence-corrected chi connectivity index (χ4v) is 8.32. The number of carbonyl (C=O) groups is 1. The maximum atomic E-state index is 12.8. The molecule has 344 valence electrons. The van der Waals surface area contributed by atoms with E-state index < -0.39 is 63.1 Å². The Kier molecular flexibility index (Phi) is 34.9. The number of ether oxygens (including phenoxy) is 2. The van der Waals surface area contributed by atoms with Gasteiger partial charge in [0, 0.05) is 13.0 Å². The summed E-state index contributed by atoms with van der Waals surface area (Å²) >= 11 is 0. The van der Waals surface area contributed by atoms with Crippen molar-refractivity contribution in [1.29, 1.82) is 0 Å². The van der Waals surface area contributed by atoms with E-state index in [0.717, 1.165) is 57.8 Å². The summed E-state index contributed by atoms with van der Waals surface area (Å²) in [5, 5.41) is 50.1. The summed E-state index contributed by atoms with van der Waals surface area (Å²) in [6.45, 7) is 4.26. The van der Waals surface area contributed by atoms with Crippen LogP contribution in [0.1, 0.15) is 206 Å². The van der Waals surface area contributed by atoms with Crippen LogP contribution in [0.4, 0.5) is 0 Å². The highest BCUT2D eigenvalue weighted by Crippen LogP contribution is 2.47. The summed E-state index contributed by atoms with van der Waals surface area (Å²) in [5.41, 5.74) is 0. The van der Waals surface area contributed by atoms with Gasteiger partial charge in [-0.25, -0.2) is 4.57 Å². The van der Waals surface area contributed by atoms with Crippen LogP contribution in [-0.4, -0.2) is 98.9 Å². The molecule has 0 spiro atoms. The van der Waals surface area contributed by atoms with Gasteiger partial charge in [0.2, 0.25) is 0 Å². The van der Waals surface area contributed by atoms with Crippen molar-refractivity contribution in [3.8, 4) is 0 Å². The third kappa shape index (κ3) is 28.6. The molecule has 1 aliphatic carbocycles. The van der Waals surface area contributed by atoms with E-state index in [-0.39, 0.29) is 13.0 Å². The lowest BCUT2D eigenvalue weighted by atomic mass is 9.85. The average molecular weight is 851 g/mol. The van der Waals surface area contributed by atoms with Crippen LogP contribution in [0.2, 0.25) is 0 Å². The Labute approximate surface area is 352 Å². The molecule has 58 heavy (non-hydrogen) atoms. The molecule has 8 atom stereocenters. The minimum Gasteiger partial charge on any atom is -0.457 e. The number of hydrogen-bond donors (Lipinski definition) is 6. The SMILES string of the molecule is CCCCCC/C=C\CCCCCCCC(=O)O[C@H](COCCCCCCCCCCCCCCCCCCCC)COP(=O)(O)OC1C(O)C(O)C(O)[C@@H](O)C1O. The van der Waals surface area contributed by atoms with Crippen molar-refractivity contribution >= 4 is 13.8 Å². The van der Waals surface area contributed by atoms with Gasteiger partial charge in [-0.05, 0) is 38.5 Å². The average Bonchev–Trinajstić information content (AvgIpc) is 3.21. The van der Waals surface area contributed by atoms with E-state index in [4.69, 9.17) is 18.5 Å². The van der Waals surface area contributed by atoms with E-state index in [0.29, 0.717) is 13.0 Å². The summed E-state index contributed by atoms with van der Waals surface area (Å²) < 4.78 is 34.2. The van der Waals surface area contributed by atoms with Crippen molar-refractivity contribution < 1.29 is 58.3 Å². The Morgan fingerprint density at radius 1 is 0.534 bits per heavy atom. The lowest BCUT2D eigenvalue weighted by Crippen LogP contribution is -2.64. The number of phosphoric acid groups is 1. The summed E-state index contributed by atoms with van der Waals surface area (Å²) in [6, 6.07) is 0. The standard InChI is InChI=1S/C45H87O12P/c1-3-5-7-9-11-13-15-17-18-19-20-21-23-25-27-29-31-33-35-54-36-38(37-55-58(52,53)57-45-43(50)41(48)40(47)42(49)44(45)51)56-39(46)34-32-30-28-26-24-22-16-14-12-10-8-6-4-2/h14,16,38,40-45,47-51H,3-13,15,17-37H2,1-2H3,(H,52,53)/b16-14-/t38-,40?,41-,42?,43?,44?,45?/m1/s1. The lowest BCUT2D eigenvalue weighted by Gasteiger charge is -2.41. The summed E-state index contributed by atoms with van der Waals surface area (Å²) in [4.78, 5) is 23.1. The Morgan fingerprint density at radius 2 is 0.914 bits per heavy atom. The van der Waals surface area contributed by atoms with Crippen LogP contribution in [0.5, 0.6) is 0 Å². The number of unbranched alkanes of at least 4 members (excludes halogenated alkanes) is 26. The first-order valence-corrected chi connectivity index (χ1v) is 25.0. The van der Waals surface area contributed by atoms with E-state index in [1.165, 1.54) is 122 Å². The molecule has 1 fully saturated rings. The molecule has 0 aromatic carbocycles. The number of aliphatic hydroxyl groups is 5. The highest BCUT2D eigenvalue weighted by Gasteiger charge is 2.51. The van der Waals surface area contributed by atoms with Crippen LogP contribution in [0, 0.1) is 0 Å². The Bertz CT molecular complexity index is 1020. The van der Waals surface area contributed by atoms with Gasteiger partial charge in [0.1, 0.15) is 42.7 Å². The lowest BCUT2D eigenvalue weighted by molar-refractivity contribution is -0.220. The maximum Gasteiger partial charge on any atom is 0.472 e. The number of rotatable bonds is 40. The number of aliphatic hydroxyl groups excluding tert-OH is 5. The van der Waals surface area contributed by atoms with Gasteiger partial charge in [0.25, 0.3) is 0 Å². The third-order valence-corrected chi connectivity index (χ3v) is 12.1. The van der Waals surface area contributed by atoms with Crippen molar-refractivity contribution in [3.63, 3.8) is 0 Å². The minimum absolute atomic E-state index is 0.0743. The van der Waals surface area contributed by atoms with Crippen molar-refractivity contribution in [2.24, 2.45) is 0 Å². The maximum absolute atomic E-state index is 12.8. The molecule has 13 heteroatoms. The number of esters is 1. The van der Waals surface area contributed by atoms with Gasteiger partial charge in [0.15, 0.2) is 0 Å². The van der Waals surface area contributed by atoms with Gasteiger partial charge in [-0.1, -0.05) is 174 Å². The first-order valence-electron chi connectivity index (χ1n) is 23.5. The topological polar surface area (TPSA) is 192 Å². The fourth-order valence-electron chi connectivity index (χ4n) is 7.35. The van der Waals surface area contributed by atoms with Crippen LogP contribution in [0.15, 0.2) is 12.2 Å². The molecule has 0 radical (unpaired) electrons. The van der Waals surface area contributed by atoms with Gasteiger partial charge in [0.05, 0.1) is 13.2 Å². The molecule has 12 nitrogen and oxygen atoms in total. The van der Waals surface area contributed by atoms with Crippen molar-refractivity contribution in [2.45, 2.75) is 249 Å². The second-order valence-electron chi connectivity index (χ2n) is 16.6. The number of carbonyl (C=O) groups excluding carboxylic acids is 1. The molecule has 1 saturated carbocycles. The van der Waals surface area contributed by atoms with Crippen molar-refractivity contribution in [2.75, 3.05) is 19.8 Å². The second kappa shape index (κ2) is 36.7. The van der Waals surface area contributed by atoms with Crippen LogP contribution < -0.4 is 0 Å². The third-order valence-electron chi connectivity index (χ3n) is 11.1. The normalized spacial score (nSPS) is 22.7. The van der Waals surface area contributed by atoms with Gasteiger partial charge in [-0.2, -0.15) is 0 Å². The Balaban J connectivity index is 2.37. The number of phosphoric ester groups is 1. The first kappa shape index (κ1) is 55.1. The minimum atomic E-state index is -5.01. The molecule has 0 heterocycles. The smallest absolute Gasteiger partial charge is 0.457 e. The highest BCUT2D eigenvalue weighted by atomic mass is 31.2. The molecular weight excluding hydrogens is 763 g/mol. The molecule has 0 aromatic rings. The van der Waals surface area contributed by atoms with Gasteiger partial charge < -0.3 is 39.9 Å². The molecule has 6 unspecified atom stereocenters. The number of hydrogen-bond acceptors (Lipinski definition) is 11. The van der Waals surface area contributed by atoms with E-state index in [1.807, 2.05) is 0 Å².